The Hall–Kier alpha value is -3.30. The highest BCUT2D eigenvalue weighted by Gasteiger charge is 2.19. The predicted octanol–water partition coefficient (Wildman–Crippen LogP) is 1.86. The number of carbonyl (C=O) groups is 2. The van der Waals surface area contributed by atoms with Crippen molar-refractivity contribution in [3.8, 4) is 0 Å². The molecule has 1 fully saturated rings. The number of nitrogens with zero attached hydrogens (tertiary/aromatic N) is 2. The van der Waals surface area contributed by atoms with Gasteiger partial charge in [-0.25, -0.2) is 0 Å². The molecule has 1 aliphatic heterocycles. The molecule has 0 spiro atoms. The van der Waals surface area contributed by atoms with E-state index in [0.29, 0.717) is 6.54 Å². The fourth-order valence-corrected chi connectivity index (χ4v) is 3.33. The molecule has 2 aromatic carbocycles. The molecule has 9 heteroatoms. The van der Waals surface area contributed by atoms with Gasteiger partial charge in [0.2, 0.25) is 5.91 Å². The van der Waals surface area contributed by atoms with Crippen molar-refractivity contribution in [2.75, 3.05) is 26.3 Å². The molecule has 1 aliphatic rings. The van der Waals surface area contributed by atoms with Gasteiger partial charge in [0, 0.05) is 43.9 Å². The predicted molar refractivity (Wildman–Crippen MR) is 114 cm³/mol. The standard InChI is InChI=1S/C22H26N4O5/c1-16(24-22(28)17-7-4-8-20(13-17)26(29)30)21(27)23-14-18-5-2-3-6-19(18)15-25-9-11-31-12-10-25/h2-8,13,16H,9-12,14-15H2,1H3,(H,23,27)(H,24,28)/t16-/m1/s1. The van der Waals surface area contributed by atoms with E-state index in [1.54, 1.807) is 6.92 Å². The Kier molecular flexibility index (Phi) is 7.69. The van der Waals surface area contributed by atoms with Gasteiger partial charge < -0.3 is 15.4 Å². The van der Waals surface area contributed by atoms with E-state index < -0.39 is 16.9 Å². The maximum absolute atomic E-state index is 12.5. The van der Waals surface area contributed by atoms with Gasteiger partial charge in [-0.3, -0.25) is 24.6 Å². The van der Waals surface area contributed by atoms with Gasteiger partial charge in [-0.2, -0.15) is 0 Å². The lowest BCUT2D eigenvalue weighted by Crippen LogP contribution is -2.44. The summed E-state index contributed by atoms with van der Waals surface area (Å²) < 4.78 is 5.39. The summed E-state index contributed by atoms with van der Waals surface area (Å²) in [6.07, 6.45) is 0. The number of nitro benzene ring substituents is 1. The van der Waals surface area contributed by atoms with E-state index in [1.165, 1.54) is 24.3 Å². The molecular weight excluding hydrogens is 400 g/mol. The van der Waals surface area contributed by atoms with Gasteiger partial charge in [0.15, 0.2) is 0 Å². The van der Waals surface area contributed by atoms with E-state index in [-0.39, 0.29) is 17.2 Å². The number of carbonyl (C=O) groups excluding carboxylic acids is 2. The number of morpholine rings is 1. The average Bonchev–Trinajstić information content (AvgIpc) is 2.79. The van der Waals surface area contributed by atoms with Gasteiger partial charge in [0.25, 0.3) is 11.6 Å². The van der Waals surface area contributed by atoms with Gasteiger partial charge in [0.1, 0.15) is 6.04 Å². The SMILES string of the molecule is C[C@@H](NC(=O)c1cccc([N+](=O)[O-])c1)C(=O)NCc1ccccc1CN1CCOCC1. The lowest BCUT2D eigenvalue weighted by molar-refractivity contribution is -0.384. The highest BCUT2D eigenvalue weighted by atomic mass is 16.6. The number of benzene rings is 2. The lowest BCUT2D eigenvalue weighted by Gasteiger charge is -2.27. The molecular formula is C22H26N4O5. The number of hydrogen-bond acceptors (Lipinski definition) is 6. The normalized spacial score (nSPS) is 15.1. The number of ether oxygens (including phenoxy) is 1. The fraction of sp³-hybridized carbons (Fsp3) is 0.364. The molecule has 0 unspecified atom stereocenters. The van der Waals surface area contributed by atoms with Crippen molar-refractivity contribution in [3.63, 3.8) is 0 Å². The van der Waals surface area contributed by atoms with Crippen LogP contribution in [0.3, 0.4) is 0 Å². The van der Waals surface area contributed by atoms with E-state index >= 15 is 0 Å². The van der Waals surface area contributed by atoms with Crippen molar-refractivity contribution in [2.24, 2.45) is 0 Å². The summed E-state index contributed by atoms with van der Waals surface area (Å²) in [5, 5.41) is 16.3. The van der Waals surface area contributed by atoms with Crippen LogP contribution in [0.1, 0.15) is 28.4 Å². The first-order valence-electron chi connectivity index (χ1n) is 10.1. The number of amides is 2. The summed E-state index contributed by atoms with van der Waals surface area (Å²) in [5.74, 6) is -0.876. The second-order valence-corrected chi connectivity index (χ2v) is 7.38. The van der Waals surface area contributed by atoms with Crippen LogP contribution < -0.4 is 10.6 Å². The second kappa shape index (κ2) is 10.6. The van der Waals surface area contributed by atoms with Crippen molar-refractivity contribution in [3.05, 3.63) is 75.3 Å². The summed E-state index contributed by atoms with van der Waals surface area (Å²) in [6.45, 7) is 5.90. The maximum atomic E-state index is 12.5. The minimum Gasteiger partial charge on any atom is -0.379 e. The average molecular weight is 426 g/mol. The van der Waals surface area contributed by atoms with Crippen LogP contribution in [0.15, 0.2) is 48.5 Å². The Balaban J connectivity index is 1.55. The van der Waals surface area contributed by atoms with E-state index in [1.807, 2.05) is 24.3 Å². The second-order valence-electron chi connectivity index (χ2n) is 7.38. The van der Waals surface area contributed by atoms with Crippen LogP contribution in [0.4, 0.5) is 5.69 Å². The Morgan fingerprint density at radius 3 is 2.55 bits per heavy atom. The molecule has 3 rings (SSSR count). The maximum Gasteiger partial charge on any atom is 0.270 e. The van der Waals surface area contributed by atoms with Crippen molar-refractivity contribution in [1.82, 2.24) is 15.5 Å². The Labute approximate surface area is 180 Å². The molecule has 0 aliphatic carbocycles. The lowest BCUT2D eigenvalue weighted by atomic mass is 10.1. The Bertz CT molecular complexity index is 943. The third-order valence-electron chi connectivity index (χ3n) is 5.13. The first-order chi connectivity index (χ1) is 14.9. The van der Waals surface area contributed by atoms with E-state index in [9.17, 15) is 19.7 Å². The van der Waals surface area contributed by atoms with Crippen LogP contribution in [-0.4, -0.2) is 54.0 Å². The van der Waals surface area contributed by atoms with Crippen LogP contribution in [0.5, 0.6) is 0 Å². The minimum atomic E-state index is -0.793. The number of non-ortho nitro benzene ring substituents is 1. The number of nitro groups is 1. The highest BCUT2D eigenvalue weighted by molar-refractivity contribution is 5.97. The monoisotopic (exact) mass is 426 g/mol. The third kappa shape index (κ3) is 6.34. The number of hydrogen-bond donors (Lipinski definition) is 2. The van der Waals surface area contributed by atoms with Crippen LogP contribution in [-0.2, 0) is 22.6 Å². The topological polar surface area (TPSA) is 114 Å². The van der Waals surface area contributed by atoms with Crippen LogP contribution >= 0.6 is 0 Å². The van der Waals surface area contributed by atoms with Gasteiger partial charge in [-0.05, 0) is 24.1 Å². The largest absolute Gasteiger partial charge is 0.379 e. The molecule has 0 bridgehead atoms. The smallest absolute Gasteiger partial charge is 0.270 e. The van der Waals surface area contributed by atoms with Gasteiger partial charge in [0.05, 0.1) is 18.1 Å². The number of rotatable bonds is 8. The zero-order valence-electron chi connectivity index (χ0n) is 17.4. The van der Waals surface area contributed by atoms with Crippen molar-refractivity contribution in [1.29, 1.82) is 0 Å². The van der Waals surface area contributed by atoms with Crippen LogP contribution in [0.2, 0.25) is 0 Å². The summed E-state index contributed by atoms with van der Waals surface area (Å²) in [7, 11) is 0. The first kappa shape index (κ1) is 22.4. The zero-order valence-corrected chi connectivity index (χ0v) is 17.4. The third-order valence-corrected chi connectivity index (χ3v) is 5.13. The molecule has 2 amide bonds. The Morgan fingerprint density at radius 1 is 1.13 bits per heavy atom. The summed E-state index contributed by atoms with van der Waals surface area (Å²) in [5.41, 5.74) is 2.10. The van der Waals surface area contributed by atoms with Gasteiger partial charge >= 0.3 is 0 Å². The number of nitrogens with one attached hydrogen (secondary N) is 2. The molecule has 31 heavy (non-hydrogen) atoms. The summed E-state index contributed by atoms with van der Waals surface area (Å²) in [4.78, 5) is 37.5. The minimum absolute atomic E-state index is 0.129. The Morgan fingerprint density at radius 2 is 1.84 bits per heavy atom. The molecule has 0 saturated carbocycles. The molecule has 164 valence electrons. The van der Waals surface area contributed by atoms with Crippen molar-refractivity contribution >= 4 is 17.5 Å². The summed E-state index contributed by atoms with van der Waals surface area (Å²) >= 11 is 0. The van der Waals surface area contributed by atoms with Crippen LogP contribution in [0, 0.1) is 10.1 Å². The molecule has 0 aromatic heterocycles. The summed E-state index contributed by atoms with van der Waals surface area (Å²) in [6, 6.07) is 12.5. The molecule has 2 aromatic rings. The zero-order chi connectivity index (χ0) is 22.2. The molecule has 1 saturated heterocycles. The van der Waals surface area contributed by atoms with Gasteiger partial charge in [-0.1, -0.05) is 30.3 Å². The molecule has 0 radical (unpaired) electrons. The van der Waals surface area contributed by atoms with E-state index in [0.717, 1.165) is 44.0 Å². The highest BCUT2D eigenvalue weighted by Crippen LogP contribution is 2.14. The molecule has 1 atom stereocenters. The van der Waals surface area contributed by atoms with E-state index in [4.69, 9.17) is 4.74 Å². The fourth-order valence-electron chi connectivity index (χ4n) is 3.33. The molecule has 2 N–H and O–H groups in total. The molecule has 9 nitrogen and oxygen atoms in total. The quantitative estimate of drug-likeness (QED) is 0.492. The van der Waals surface area contributed by atoms with Crippen LogP contribution in [0.25, 0.3) is 0 Å². The first-order valence-corrected chi connectivity index (χ1v) is 10.1. The van der Waals surface area contributed by atoms with Gasteiger partial charge in [-0.15, -0.1) is 0 Å². The van der Waals surface area contributed by atoms with Crippen molar-refractivity contribution in [2.45, 2.75) is 26.1 Å². The van der Waals surface area contributed by atoms with E-state index in [2.05, 4.69) is 15.5 Å². The van der Waals surface area contributed by atoms with Crippen molar-refractivity contribution < 1.29 is 19.2 Å². The molecule has 1 heterocycles.